The van der Waals surface area contributed by atoms with Crippen LogP contribution < -0.4 is 11.5 Å². The molecule has 3 rings (SSSR count). The number of benzene rings is 2. The van der Waals surface area contributed by atoms with Crippen molar-refractivity contribution in [1.82, 2.24) is 9.80 Å². The number of carbonyl (C=O) groups is 3. The molecule has 1 aliphatic heterocycles. The molecular weight excluding hydrogens is 512 g/mol. The molecule has 4 amide bonds. The molecule has 6 N–H and O–H groups in total. The van der Waals surface area contributed by atoms with Crippen LogP contribution in [0.1, 0.15) is 89.5 Å². The molecule has 0 radical (unpaired) electrons. The van der Waals surface area contributed by atoms with E-state index < -0.39 is 11.4 Å². The van der Waals surface area contributed by atoms with Gasteiger partial charge in [0.25, 0.3) is 0 Å². The van der Waals surface area contributed by atoms with Gasteiger partial charge in [0.2, 0.25) is 11.8 Å². The van der Waals surface area contributed by atoms with Gasteiger partial charge in [-0.25, -0.2) is 4.79 Å². The van der Waals surface area contributed by atoms with Crippen LogP contribution in [0.15, 0.2) is 48.5 Å². The first-order valence-corrected chi connectivity index (χ1v) is 15.2. The summed E-state index contributed by atoms with van der Waals surface area (Å²) < 4.78 is 0. The Morgan fingerprint density at radius 3 is 1.22 bits per heavy atom. The minimum atomic E-state index is -1.41. The summed E-state index contributed by atoms with van der Waals surface area (Å²) in [5.74, 6) is -0.769. The van der Waals surface area contributed by atoms with Gasteiger partial charge >= 0.3 is 6.03 Å². The van der Waals surface area contributed by atoms with E-state index in [2.05, 4.69) is 77.3 Å². The molecule has 0 unspecified atom stereocenters. The maximum Gasteiger partial charge on any atom is 0.333 e. The second kappa shape index (κ2) is 13.3. The molecule has 0 saturated carbocycles. The van der Waals surface area contributed by atoms with Gasteiger partial charge in [0, 0.05) is 13.1 Å². The van der Waals surface area contributed by atoms with Crippen molar-refractivity contribution in [1.29, 1.82) is 0 Å². The number of hydrogen-bond acceptors (Lipinski definition) is 3. The average molecular weight is 565 g/mol. The number of unbranched alkanes of at least 4 members (excludes halogenated alkanes) is 2. The Kier molecular flexibility index (Phi) is 10.5. The second-order valence-corrected chi connectivity index (χ2v) is 13.6. The first kappa shape index (κ1) is 32.5. The third kappa shape index (κ3) is 7.63. The minimum absolute atomic E-state index is 0.0101. The van der Waals surface area contributed by atoms with Crippen LogP contribution in [0.4, 0.5) is 4.79 Å². The fourth-order valence-corrected chi connectivity index (χ4v) is 5.52. The Hall–Kier alpha value is -3.03. The van der Waals surface area contributed by atoms with Crippen LogP contribution in [0.2, 0.25) is 0 Å². The van der Waals surface area contributed by atoms with Crippen LogP contribution in [0.25, 0.3) is 0 Å². The van der Waals surface area contributed by atoms with Crippen molar-refractivity contribution in [2.75, 3.05) is 26.2 Å². The number of amides is 4. The van der Waals surface area contributed by atoms with E-state index in [1.807, 2.05) is 24.3 Å². The van der Waals surface area contributed by atoms with Crippen molar-refractivity contribution in [2.45, 2.75) is 90.9 Å². The van der Waals surface area contributed by atoms with Gasteiger partial charge in [-0.3, -0.25) is 19.4 Å². The van der Waals surface area contributed by atoms with Gasteiger partial charge in [0.1, 0.15) is 5.41 Å². The summed E-state index contributed by atoms with van der Waals surface area (Å²) in [6.45, 7) is 15.0. The third-order valence-corrected chi connectivity index (χ3v) is 8.19. The normalized spacial score (nSPS) is 16.0. The number of barbiturate groups is 1. The topological polar surface area (TPSA) is 113 Å². The van der Waals surface area contributed by atoms with E-state index in [0.717, 1.165) is 37.1 Å². The Balaban J connectivity index is 2.11. The van der Waals surface area contributed by atoms with Crippen LogP contribution in [-0.2, 0) is 33.3 Å². The fraction of sp³-hybridized carbons (Fsp3) is 0.559. The summed E-state index contributed by atoms with van der Waals surface area (Å²) in [4.78, 5) is 45.2. The zero-order valence-electron chi connectivity index (χ0n) is 26.2. The summed E-state index contributed by atoms with van der Waals surface area (Å²) in [5, 5.41) is 0. The predicted octanol–water partition coefficient (Wildman–Crippen LogP) is 3.89. The van der Waals surface area contributed by atoms with Crippen molar-refractivity contribution in [2.24, 2.45) is 5.41 Å². The number of rotatable bonds is 12. The Bertz CT molecular complexity index is 1100. The smallest absolute Gasteiger partial charge is 0.333 e. The molecule has 0 atom stereocenters. The number of quaternary nitrogens is 2. The van der Waals surface area contributed by atoms with E-state index >= 15 is 0 Å². The molecule has 1 fully saturated rings. The number of nitrogens with zero attached hydrogens (tertiary/aromatic N) is 2. The monoisotopic (exact) mass is 564 g/mol. The molecule has 41 heavy (non-hydrogen) atoms. The highest BCUT2D eigenvalue weighted by Gasteiger charge is 2.56. The highest BCUT2D eigenvalue weighted by atomic mass is 16.2. The second-order valence-electron chi connectivity index (χ2n) is 13.6. The predicted molar refractivity (Wildman–Crippen MR) is 163 cm³/mol. The SMILES string of the molecule is CC(C)(C)c1ccc(CC2(Cc3ccc(C(C)(C)C)cc3)C(=O)N(CCCC[NH3+])C(=O)N(CCCC[NH3+])C2=O)cc1. The van der Waals surface area contributed by atoms with E-state index in [0.29, 0.717) is 25.9 Å². The van der Waals surface area contributed by atoms with Crippen molar-refractivity contribution in [3.05, 3.63) is 70.8 Å². The maximum atomic E-state index is 14.4. The van der Waals surface area contributed by atoms with Gasteiger partial charge in [0.15, 0.2) is 0 Å². The Morgan fingerprint density at radius 2 is 0.927 bits per heavy atom. The highest BCUT2D eigenvalue weighted by Crippen LogP contribution is 2.38. The summed E-state index contributed by atoms with van der Waals surface area (Å²) in [7, 11) is 0. The number of imide groups is 2. The molecule has 0 aromatic heterocycles. The van der Waals surface area contributed by atoms with Crippen molar-refractivity contribution in [3.8, 4) is 0 Å². The minimum Gasteiger partial charge on any atom is -0.358 e. The summed E-state index contributed by atoms with van der Waals surface area (Å²) in [6.07, 6.45) is 3.42. The quantitative estimate of drug-likeness (QED) is 0.301. The number of urea groups is 1. The molecule has 7 nitrogen and oxygen atoms in total. The molecule has 224 valence electrons. The van der Waals surface area contributed by atoms with Gasteiger partial charge in [-0.05, 0) is 71.6 Å². The summed E-state index contributed by atoms with van der Waals surface area (Å²) in [6, 6.07) is 16.0. The van der Waals surface area contributed by atoms with Gasteiger partial charge in [-0.1, -0.05) is 90.1 Å². The number of hydrogen-bond donors (Lipinski definition) is 2. The lowest BCUT2D eigenvalue weighted by Gasteiger charge is -2.44. The molecule has 7 heteroatoms. The molecule has 0 aliphatic carbocycles. The molecule has 2 aromatic rings. The zero-order valence-corrected chi connectivity index (χ0v) is 26.2. The van der Waals surface area contributed by atoms with E-state index in [1.165, 1.54) is 20.9 Å². The maximum absolute atomic E-state index is 14.4. The number of carbonyl (C=O) groups excluding carboxylic acids is 3. The third-order valence-electron chi connectivity index (χ3n) is 8.19. The van der Waals surface area contributed by atoms with Crippen molar-refractivity contribution < 1.29 is 25.9 Å². The molecule has 0 spiro atoms. The Morgan fingerprint density at radius 1 is 0.585 bits per heavy atom. The van der Waals surface area contributed by atoms with Crippen LogP contribution in [0.3, 0.4) is 0 Å². The lowest BCUT2D eigenvalue weighted by Crippen LogP contribution is -2.67. The molecule has 0 bridgehead atoms. The van der Waals surface area contributed by atoms with Crippen LogP contribution in [-0.4, -0.2) is 53.8 Å². The molecular formula is C34H52N4O3+2. The zero-order chi connectivity index (χ0) is 30.4. The highest BCUT2D eigenvalue weighted by molar-refractivity contribution is 6.19. The average Bonchev–Trinajstić information content (AvgIpc) is 2.91. The lowest BCUT2D eigenvalue weighted by molar-refractivity contribution is -0.368. The van der Waals surface area contributed by atoms with Gasteiger partial charge < -0.3 is 11.5 Å². The van der Waals surface area contributed by atoms with E-state index in [9.17, 15) is 14.4 Å². The van der Waals surface area contributed by atoms with Crippen molar-refractivity contribution >= 4 is 17.8 Å². The van der Waals surface area contributed by atoms with Gasteiger partial charge in [0.05, 0.1) is 13.1 Å². The van der Waals surface area contributed by atoms with E-state index in [4.69, 9.17) is 0 Å². The molecule has 1 heterocycles. The van der Waals surface area contributed by atoms with Gasteiger partial charge in [-0.15, -0.1) is 0 Å². The summed E-state index contributed by atoms with van der Waals surface area (Å²) >= 11 is 0. The first-order chi connectivity index (χ1) is 19.2. The Labute approximate surface area is 246 Å². The van der Waals surface area contributed by atoms with E-state index in [-0.39, 0.29) is 35.5 Å². The van der Waals surface area contributed by atoms with Crippen LogP contribution in [0, 0.1) is 5.41 Å². The molecule has 2 aromatic carbocycles. The van der Waals surface area contributed by atoms with Crippen LogP contribution in [0.5, 0.6) is 0 Å². The van der Waals surface area contributed by atoms with E-state index in [1.54, 1.807) is 0 Å². The largest absolute Gasteiger partial charge is 0.358 e. The van der Waals surface area contributed by atoms with Crippen molar-refractivity contribution in [3.63, 3.8) is 0 Å². The first-order valence-electron chi connectivity index (χ1n) is 15.2. The standard InChI is InChI=1S/C34H50N4O3/c1-32(2,3)27-15-11-25(12-16-27)23-34(24-26-13-17-28(18-14-26)33(4,5)6)29(39)37(21-9-7-19-35)31(41)38(30(34)40)22-10-8-20-36/h11-18H,7-10,19-24,35-36H2,1-6H3/p+2. The van der Waals surface area contributed by atoms with Gasteiger partial charge in [-0.2, -0.15) is 0 Å². The lowest BCUT2D eigenvalue weighted by atomic mass is 9.72. The van der Waals surface area contributed by atoms with Crippen LogP contribution >= 0.6 is 0 Å². The summed E-state index contributed by atoms with van der Waals surface area (Å²) in [5.41, 5.74) is 10.6. The fourth-order valence-electron chi connectivity index (χ4n) is 5.52. The molecule has 1 aliphatic rings. The molecule has 1 saturated heterocycles.